The highest BCUT2D eigenvalue weighted by atomic mass is 19.2. The van der Waals surface area contributed by atoms with Crippen LogP contribution in [0.2, 0.25) is 0 Å². The molecule has 204 valence electrons. The Labute approximate surface area is 213 Å². The summed E-state index contributed by atoms with van der Waals surface area (Å²) in [6, 6.07) is 3.43. The molecule has 0 aliphatic heterocycles. The molecule has 0 saturated carbocycles. The van der Waals surface area contributed by atoms with Crippen LogP contribution in [0.15, 0.2) is 30.3 Å². The second-order valence-electron chi connectivity index (χ2n) is 8.06. The predicted octanol–water partition coefficient (Wildman–Crippen LogP) is 1.99. The van der Waals surface area contributed by atoms with Crippen molar-refractivity contribution in [2.45, 2.75) is 38.8 Å². The Kier molecular flexibility index (Phi) is 10.3. The lowest BCUT2D eigenvalue weighted by Gasteiger charge is -2.20. The fraction of sp³-hybridized carbons (Fsp3) is 0.292. The molecule has 2 rings (SSSR count). The van der Waals surface area contributed by atoms with Crippen molar-refractivity contribution in [1.82, 2.24) is 10.6 Å². The Morgan fingerprint density at radius 2 is 1.50 bits per heavy atom. The van der Waals surface area contributed by atoms with Gasteiger partial charge in [-0.05, 0) is 32.4 Å². The molecular formula is C24H23F4N3O7. The van der Waals surface area contributed by atoms with Gasteiger partial charge in [0.15, 0.2) is 23.2 Å². The van der Waals surface area contributed by atoms with Gasteiger partial charge in [0.1, 0.15) is 12.6 Å². The molecule has 2 aromatic carbocycles. The van der Waals surface area contributed by atoms with E-state index in [2.05, 4.69) is 20.7 Å². The van der Waals surface area contributed by atoms with Gasteiger partial charge in [-0.25, -0.2) is 8.78 Å². The number of benzene rings is 2. The summed E-state index contributed by atoms with van der Waals surface area (Å²) in [5, 5.41) is 15.5. The number of carbonyl (C=O) groups excluding carboxylic acids is 4. The van der Waals surface area contributed by atoms with Gasteiger partial charge in [0.2, 0.25) is 17.5 Å². The van der Waals surface area contributed by atoms with E-state index in [9.17, 15) is 41.5 Å². The number of aryl methyl sites for hydroxylation is 1. The normalized spacial score (nSPS) is 12.2. The minimum Gasteiger partial charge on any atom is -0.481 e. The first-order valence-electron chi connectivity index (χ1n) is 11.0. The van der Waals surface area contributed by atoms with Crippen LogP contribution in [0.5, 0.6) is 5.75 Å². The van der Waals surface area contributed by atoms with Crippen molar-refractivity contribution in [3.8, 4) is 5.75 Å². The number of hydrogen-bond donors (Lipinski definition) is 4. The van der Waals surface area contributed by atoms with E-state index in [-0.39, 0.29) is 6.07 Å². The van der Waals surface area contributed by atoms with Crippen molar-refractivity contribution in [3.05, 3.63) is 59.2 Å². The summed E-state index contributed by atoms with van der Waals surface area (Å²) in [5.41, 5.74) is 1.23. The smallest absolute Gasteiger partial charge is 0.313 e. The van der Waals surface area contributed by atoms with Crippen LogP contribution in [0, 0.1) is 30.2 Å². The molecule has 0 unspecified atom stereocenters. The minimum absolute atomic E-state index is 0.0635. The molecule has 0 saturated heterocycles. The highest BCUT2D eigenvalue weighted by Gasteiger charge is 2.28. The van der Waals surface area contributed by atoms with Crippen LogP contribution in [0.25, 0.3) is 0 Å². The lowest BCUT2D eigenvalue weighted by Crippen LogP contribution is -2.52. The van der Waals surface area contributed by atoms with Gasteiger partial charge < -0.3 is 25.8 Å². The molecule has 0 aromatic heterocycles. The number of halogens is 4. The summed E-state index contributed by atoms with van der Waals surface area (Å²) in [6.07, 6.45) is -1.13. The van der Waals surface area contributed by atoms with Gasteiger partial charge in [0, 0.05) is 18.2 Å². The van der Waals surface area contributed by atoms with E-state index in [1.54, 1.807) is 24.3 Å². The van der Waals surface area contributed by atoms with Crippen molar-refractivity contribution in [2.75, 3.05) is 11.9 Å². The molecule has 4 N–H and O–H groups in total. The third kappa shape index (κ3) is 8.28. The van der Waals surface area contributed by atoms with Crippen molar-refractivity contribution in [3.63, 3.8) is 0 Å². The lowest BCUT2D eigenvalue weighted by atomic mass is 10.1. The number of ketones is 1. The molecule has 0 radical (unpaired) electrons. The van der Waals surface area contributed by atoms with E-state index >= 15 is 0 Å². The van der Waals surface area contributed by atoms with Crippen molar-refractivity contribution < 1.29 is 51.4 Å². The monoisotopic (exact) mass is 541 g/mol. The number of Topliss-reactive ketones (excluding diaryl/α,β-unsaturated/α-hetero) is 1. The molecule has 0 spiro atoms. The zero-order chi connectivity index (χ0) is 28.6. The summed E-state index contributed by atoms with van der Waals surface area (Å²) >= 11 is 0. The molecule has 0 aliphatic rings. The number of anilines is 1. The third-order valence-corrected chi connectivity index (χ3v) is 5.04. The maximum absolute atomic E-state index is 13.8. The van der Waals surface area contributed by atoms with Crippen molar-refractivity contribution >= 4 is 35.2 Å². The maximum Gasteiger partial charge on any atom is 0.313 e. The molecule has 0 fully saturated rings. The fourth-order valence-electron chi connectivity index (χ4n) is 2.95. The number of nitrogens with one attached hydrogen (secondary N) is 3. The molecule has 2 atom stereocenters. The second-order valence-corrected chi connectivity index (χ2v) is 8.06. The Hall–Kier alpha value is -4.49. The van der Waals surface area contributed by atoms with Crippen LogP contribution in [0.4, 0.5) is 23.2 Å². The van der Waals surface area contributed by atoms with Gasteiger partial charge in [0.05, 0.1) is 6.04 Å². The van der Waals surface area contributed by atoms with Crippen molar-refractivity contribution in [1.29, 1.82) is 0 Å². The Morgan fingerprint density at radius 3 is 2.05 bits per heavy atom. The molecule has 14 heteroatoms. The standard InChI is InChI=1S/C24H23F4N3O7/c1-11-3-5-13(6-4-11)30-24(37)23(36)29-12(2)22(35)31-16(7-8-18(33)34)17(32)10-38-21-19(27)14(25)9-15(26)20(21)28/h3-6,9,12,16H,7-8,10H2,1-2H3,(H,29,36)(H,30,37)(H,31,35)(H,33,34)/t12-,16-/m0/s1. The number of hydrogen-bond acceptors (Lipinski definition) is 6. The molecule has 0 heterocycles. The fourth-order valence-corrected chi connectivity index (χ4v) is 2.95. The summed E-state index contributed by atoms with van der Waals surface area (Å²) in [5.74, 6) is -14.6. The number of carboxylic acids is 1. The van der Waals surface area contributed by atoms with E-state index in [0.29, 0.717) is 5.69 Å². The topological polar surface area (TPSA) is 151 Å². The van der Waals surface area contributed by atoms with Gasteiger partial charge >= 0.3 is 17.8 Å². The van der Waals surface area contributed by atoms with Crippen LogP contribution in [-0.2, 0) is 24.0 Å². The molecule has 10 nitrogen and oxygen atoms in total. The van der Waals surface area contributed by atoms with E-state index in [4.69, 9.17) is 5.11 Å². The first-order chi connectivity index (χ1) is 17.8. The number of carbonyl (C=O) groups is 5. The van der Waals surface area contributed by atoms with Crippen LogP contribution in [0.1, 0.15) is 25.3 Å². The summed E-state index contributed by atoms with van der Waals surface area (Å²) in [6.45, 7) is 1.79. The zero-order valence-electron chi connectivity index (χ0n) is 20.1. The van der Waals surface area contributed by atoms with Gasteiger partial charge in [-0.15, -0.1) is 0 Å². The van der Waals surface area contributed by atoms with Gasteiger partial charge in [-0.3, -0.25) is 24.0 Å². The molecule has 0 aliphatic carbocycles. The van der Waals surface area contributed by atoms with E-state index in [1.165, 1.54) is 6.92 Å². The highest BCUT2D eigenvalue weighted by molar-refractivity contribution is 6.40. The van der Waals surface area contributed by atoms with E-state index in [1.807, 2.05) is 6.92 Å². The average Bonchev–Trinajstić information content (AvgIpc) is 2.86. The molecule has 38 heavy (non-hydrogen) atoms. The molecular weight excluding hydrogens is 518 g/mol. The Morgan fingerprint density at radius 1 is 0.921 bits per heavy atom. The van der Waals surface area contributed by atoms with Gasteiger partial charge in [-0.1, -0.05) is 17.7 Å². The van der Waals surface area contributed by atoms with Crippen LogP contribution in [0.3, 0.4) is 0 Å². The second kappa shape index (κ2) is 13.2. The van der Waals surface area contributed by atoms with Gasteiger partial charge in [-0.2, -0.15) is 8.78 Å². The number of amides is 3. The molecule has 0 bridgehead atoms. The molecule has 2 aromatic rings. The third-order valence-electron chi connectivity index (χ3n) is 5.04. The van der Waals surface area contributed by atoms with Crippen LogP contribution >= 0.6 is 0 Å². The summed E-state index contributed by atoms with van der Waals surface area (Å²) in [7, 11) is 0. The molecule has 3 amide bonds. The summed E-state index contributed by atoms with van der Waals surface area (Å²) < 4.78 is 58.8. The SMILES string of the molecule is Cc1ccc(NC(=O)C(=O)N[C@@H](C)C(=O)N[C@@H](CCC(=O)O)C(=O)COc2c(F)c(F)cc(F)c2F)cc1. The largest absolute Gasteiger partial charge is 0.481 e. The lowest BCUT2D eigenvalue weighted by molar-refractivity contribution is -0.139. The Bertz CT molecular complexity index is 1210. The first kappa shape index (κ1) is 29.7. The predicted molar refractivity (Wildman–Crippen MR) is 123 cm³/mol. The van der Waals surface area contributed by atoms with Crippen molar-refractivity contribution in [2.24, 2.45) is 0 Å². The number of rotatable bonds is 11. The number of carboxylic acid groups (broad SMARTS) is 1. The van der Waals surface area contributed by atoms with Crippen LogP contribution < -0.4 is 20.7 Å². The number of aliphatic carboxylic acids is 1. The van der Waals surface area contributed by atoms with Crippen LogP contribution in [-0.4, -0.2) is 53.3 Å². The maximum atomic E-state index is 13.8. The van der Waals surface area contributed by atoms with Gasteiger partial charge in [0.25, 0.3) is 0 Å². The Balaban J connectivity index is 2.03. The highest BCUT2D eigenvalue weighted by Crippen LogP contribution is 2.26. The van der Waals surface area contributed by atoms with E-state index in [0.717, 1.165) is 5.56 Å². The quantitative estimate of drug-likeness (QED) is 0.193. The van der Waals surface area contributed by atoms with E-state index < -0.39 is 90.0 Å². The average molecular weight is 541 g/mol. The minimum atomic E-state index is -1.90. The first-order valence-corrected chi connectivity index (χ1v) is 11.0. The zero-order valence-corrected chi connectivity index (χ0v) is 20.1. The number of ether oxygens (including phenoxy) is 1. The summed E-state index contributed by atoms with van der Waals surface area (Å²) in [4.78, 5) is 60.2.